The Morgan fingerprint density at radius 1 is 1.42 bits per heavy atom. The normalized spacial score (nSPS) is 22.3. The lowest BCUT2D eigenvalue weighted by Gasteiger charge is -2.16. The molecule has 2 heterocycles. The van der Waals surface area contributed by atoms with Crippen LogP contribution in [0.25, 0.3) is 0 Å². The van der Waals surface area contributed by atoms with Crippen LogP contribution in [-0.2, 0) is 6.54 Å². The van der Waals surface area contributed by atoms with Crippen molar-refractivity contribution in [3.63, 3.8) is 0 Å². The van der Waals surface area contributed by atoms with Gasteiger partial charge in [-0.1, -0.05) is 13.8 Å². The Bertz CT molecular complexity index is 384. The van der Waals surface area contributed by atoms with E-state index < -0.39 is 0 Å². The number of nitrogens with zero attached hydrogens (tertiary/aromatic N) is 3. The third-order valence-corrected chi connectivity index (χ3v) is 4.36. The summed E-state index contributed by atoms with van der Waals surface area (Å²) in [5, 5.41) is 14.3. The predicted molar refractivity (Wildman–Crippen MR) is 76.9 cm³/mol. The molecule has 2 atom stereocenters. The van der Waals surface area contributed by atoms with Crippen LogP contribution in [0.15, 0.2) is 12.3 Å². The molecule has 2 unspecified atom stereocenters. The van der Waals surface area contributed by atoms with Crippen molar-refractivity contribution < 1.29 is 5.11 Å². The highest BCUT2D eigenvalue weighted by molar-refractivity contribution is 5.00. The maximum atomic E-state index is 9.63. The van der Waals surface area contributed by atoms with E-state index in [0.29, 0.717) is 12.0 Å². The molecule has 1 saturated heterocycles. The van der Waals surface area contributed by atoms with Crippen molar-refractivity contribution in [2.45, 2.75) is 58.7 Å². The monoisotopic (exact) mass is 265 g/mol. The Balaban J connectivity index is 1.90. The molecule has 4 nitrogen and oxygen atoms in total. The van der Waals surface area contributed by atoms with Crippen LogP contribution in [0.4, 0.5) is 0 Å². The molecule has 1 fully saturated rings. The number of aromatic nitrogens is 2. The second kappa shape index (κ2) is 6.53. The van der Waals surface area contributed by atoms with Gasteiger partial charge in [0.1, 0.15) is 0 Å². The third kappa shape index (κ3) is 3.57. The summed E-state index contributed by atoms with van der Waals surface area (Å²) in [5.41, 5.74) is 1.15. The molecule has 1 aromatic heterocycles. The van der Waals surface area contributed by atoms with Crippen molar-refractivity contribution >= 4 is 0 Å². The summed E-state index contributed by atoms with van der Waals surface area (Å²) in [7, 11) is 0. The van der Waals surface area contributed by atoms with Crippen molar-refractivity contribution in [2.24, 2.45) is 5.92 Å². The number of likely N-dealkylation sites (tertiary alicyclic amines) is 1. The van der Waals surface area contributed by atoms with Crippen molar-refractivity contribution in [1.29, 1.82) is 0 Å². The highest BCUT2D eigenvalue weighted by atomic mass is 16.3. The summed E-state index contributed by atoms with van der Waals surface area (Å²) in [5.74, 6) is 0.432. The van der Waals surface area contributed by atoms with Gasteiger partial charge in [0, 0.05) is 19.3 Å². The summed E-state index contributed by atoms with van der Waals surface area (Å²) in [6.07, 6.45) is 5.28. The third-order valence-electron chi connectivity index (χ3n) is 4.36. The average molecular weight is 265 g/mol. The molecule has 0 aliphatic carbocycles. The van der Waals surface area contributed by atoms with Crippen molar-refractivity contribution in [1.82, 2.24) is 14.7 Å². The summed E-state index contributed by atoms with van der Waals surface area (Å²) < 4.78 is 2.11. The average Bonchev–Trinajstić information content (AvgIpc) is 3.01. The van der Waals surface area contributed by atoms with Crippen LogP contribution in [0.2, 0.25) is 0 Å². The molecule has 19 heavy (non-hydrogen) atoms. The van der Waals surface area contributed by atoms with Crippen LogP contribution in [0.1, 0.15) is 51.8 Å². The fourth-order valence-corrected chi connectivity index (χ4v) is 2.96. The molecule has 0 radical (unpaired) electrons. The first-order valence-corrected chi connectivity index (χ1v) is 7.58. The van der Waals surface area contributed by atoms with Crippen molar-refractivity contribution in [2.75, 3.05) is 13.1 Å². The summed E-state index contributed by atoms with van der Waals surface area (Å²) >= 11 is 0. The van der Waals surface area contributed by atoms with Gasteiger partial charge in [-0.15, -0.1) is 0 Å². The quantitative estimate of drug-likeness (QED) is 0.859. The van der Waals surface area contributed by atoms with E-state index in [1.54, 1.807) is 0 Å². The van der Waals surface area contributed by atoms with Gasteiger partial charge in [0.05, 0.1) is 17.8 Å². The highest BCUT2D eigenvalue weighted by Crippen LogP contribution is 2.21. The topological polar surface area (TPSA) is 41.3 Å². The van der Waals surface area contributed by atoms with Gasteiger partial charge in [0.15, 0.2) is 0 Å². The van der Waals surface area contributed by atoms with Gasteiger partial charge in [-0.2, -0.15) is 5.10 Å². The number of aliphatic hydroxyl groups excluding tert-OH is 1. The predicted octanol–water partition coefficient (Wildman–Crippen LogP) is 2.45. The zero-order valence-electron chi connectivity index (χ0n) is 12.4. The SMILES string of the molecule is CCC(CC)n1ccc(CN2CCC(C(C)O)C2)n1. The van der Waals surface area contributed by atoms with Gasteiger partial charge in [0.2, 0.25) is 0 Å². The van der Waals surface area contributed by atoms with Crippen LogP contribution in [-0.4, -0.2) is 39.0 Å². The lowest BCUT2D eigenvalue weighted by atomic mass is 10.0. The van der Waals surface area contributed by atoms with E-state index in [2.05, 4.69) is 35.7 Å². The number of aliphatic hydroxyl groups is 1. The molecule has 0 amide bonds. The van der Waals surface area contributed by atoms with Crippen LogP contribution in [0.3, 0.4) is 0 Å². The van der Waals surface area contributed by atoms with E-state index in [0.717, 1.165) is 44.6 Å². The zero-order chi connectivity index (χ0) is 13.8. The van der Waals surface area contributed by atoms with Crippen molar-refractivity contribution in [3.8, 4) is 0 Å². The Labute approximate surface area is 116 Å². The van der Waals surface area contributed by atoms with Gasteiger partial charge in [-0.05, 0) is 44.7 Å². The highest BCUT2D eigenvalue weighted by Gasteiger charge is 2.26. The maximum Gasteiger partial charge on any atom is 0.0764 e. The maximum absolute atomic E-state index is 9.63. The number of hydrogen-bond donors (Lipinski definition) is 1. The van der Waals surface area contributed by atoms with E-state index in [9.17, 15) is 5.11 Å². The molecule has 0 saturated carbocycles. The Hall–Kier alpha value is -0.870. The second-order valence-corrected chi connectivity index (χ2v) is 5.78. The van der Waals surface area contributed by atoms with Crippen LogP contribution in [0.5, 0.6) is 0 Å². The van der Waals surface area contributed by atoms with E-state index in [4.69, 9.17) is 5.10 Å². The fourth-order valence-electron chi connectivity index (χ4n) is 2.96. The fraction of sp³-hybridized carbons (Fsp3) is 0.800. The molecule has 1 aromatic rings. The largest absolute Gasteiger partial charge is 0.393 e. The summed E-state index contributed by atoms with van der Waals surface area (Å²) in [4.78, 5) is 2.40. The first-order valence-electron chi connectivity index (χ1n) is 7.58. The molecule has 1 aliphatic rings. The molecule has 4 heteroatoms. The molecule has 2 rings (SSSR count). The van der Waals surface area contributed by atoms with Gasteiger partial charge in [-0.3, -0.25) is 9.58 Å². The van der Waals surface area contributed by atoms with Gasteiger partial charge >= 0.3 is 0 Å². The van der Waals surface area contributed by atoms with Crippen LogP contribution < -0.4 is 0 Å². The Kier molecular flexibility index (Phi) is 4.99. The van der Waals surface area contributed by atoms with E-state index in [1.807, 2.05) is 6.92 Å². The number of rotatable bonds is 6. The summed E-state index contributed by atoms with van der Waals surface area (Å²) in [6.45, 7) is 9.31. The molecule has 0 bridgehead atoms. The Morgan fingerprint density at radius 3 is 2.74 bits per heavy atom. The standard InChI is InChI=1S/C15H27N3O/c1-4-15(5-2)18-9-7-14(16-18)11-17-8-6-13(10-17)12(3)19/h7,9,12-13,15,19H,4-6,8,10-11H2,1-3H3. The van der Waals surface area contributed by atoms with E-state index in [1.165, 1.54) is 0 Å². The van der Waals surface area contributed by atoms with Gasteiger partial charge in [0.25, 0.3) is 0 Å². The van der Waals surface area contributed by atoms with Gasteiger partial charge in [-0.25, -0.2) is 0 Å². The van der Waals surface area contributed by atoms with Crippen molar-refractivity contribution in [3.05, 3.63) is 18.0 Å². The van der Waals surface area contributed by atoms with E-state index in [-0.39, 0.29) is 6.10 Å². The molecule has 108 valence electrons. The minimum atomic E-state index is -0.188. The first kappa shape index (κ1) is 14.5. The van der Waals surface area contributed by atoms with Crippen LogP contribution in [0, 0.1) is 5.92 Å². The molecule has 1 N–H and O–H groups in total. The molecule has 0 aromatic carbocycles. The van der Waals surface area contributed by atoms with E-state index >= 15 is 0 Å². The van der Waals surface area contributed by atoms with Gasteiger partial charge < -0.3 is 5.11 Å². The molecular weight excluding hydrogens is 238 g/mol. The molecule has 1 aliphatic heterocycles. The number of hydrogen-bond acceptors (Lipinski definition) is 3. The van der Waals surface area contributed by atoms with Crippen LogP contribution >= 0.6 is 0 Å². The lowest BCUT2D eigenvalue weighted by Crippen LogP contribution is -2.24. The second-order valence-electron chi connectivity index (χ2n) is 5.78. The summed E-state index contributed by atoms with van der Waals surface area (Å²) in [6, 6.07) is 2.66. The first-order chi connectivity index (χ1) is 9.13. The smallest absolute Gasteiger partial charge is 0.0764 e. The molecule has 0 spiro atoms. The minimum Gasteiger partial charge on any atom is -0.393 e. The zero-order valence-corrected chi connectivity index (χ0v) is 12.4. The lowest BCUT2D eigenvalue weighted by molar-refractivity contribution is 0.127. The Morgan fingerprint density at radius 2 is 2.16 bits per heavy atom. The molecular formula is C15H27N3O. The minimum absolute atomic E-state index is 0.188.